The van der Waals surface area contributed by atoms with Crippen LogP contribution in [0.3, 0.4) is 0 Å². The molecule has 2 fully saturated rings. The zero-order valence-corrected chi connectivity index (χ0v) is 19.4. The first kappa shape index (κ1) is 24.8. The van der Waals surface area contributed by atoms with E-state index in [2.05, 4.69) is 10.6 Å². The molecule has 2 saturated heterocycles. The smallest absolute Gasteiger partial charge is 0.305 e. The third kappa shape index (κ3) is 5.19. The minimum Gasteiger partial charge on any atom is -0.481 e. The van der Waals surface area contributed by atoms with E-state index in [0.717, 1.165) is 15.8 Å². The van der Waals surface area contributed by atoms with E-state index < -0.39 is 48.2 Å². The fourth-order valence-corrected chi connectivity index (χ4v) is 4.58. The number of nitrogens with zero attached hydrogens (tertiary/aromatic N) is 2. The van der Waals surface area contributed by atoms with E-state index >= 15 is 0 Å². The number of rotatable bonds is 7. The molecule has 11 heteroatoms. The van der Waals surface area contributed by atoms with Gasteiger partial charge in [-0.05, 0) is 42.2 Å². The molecule has 4 rings (SSSR count). The molecule has 2 aliphatic heterocycles. The van der Waals surface area contributed by atoms with Crippen LogP contribution in [0.5, 0.6) is 0 Å². The van der Waals surface area contributed by atoms with Gasteiger partial charge < -0.3 is 20.5 Å². The number of aliphatic carboxylic acids is 1. The Morgan fingerprint density at radius 3 is 2.56 bits per heavy atom. The summed E-state index contributed by atoms with van der Waals surface area (Å²) in [5, 5.41) is 18.1. The maximum Gasteiger partial charge on any atom is 0.305 e. The van der Waals surface area contributed by atoms with E-state index in [1.807, 2.05) is 24.3 Å². The molecule has 3 unspecified atom stereocenters. The first-order valence-electron chi connectivity index (χ1n) is 11.7. The van der Waals surface area contributed by atoms with Gasteiger partial charge >= 0.3 is 5.97 Å². The van der Waals surface area contributed by atoms with Crippen molar-refractivity contribution in [1.29, 1.82) is 0 Å². The van der Waals surface area contributed by atoms with Gasteiger partial charge in [0.1, 0.15) is 18.4 Å². The van der Waals surface area contributed by atoms with E-state index in [4.69, 9.17) is 5.11 Å². The molecule has 3 N–H and O–H groups in total. The summed E-state index contributed by atoms with van der Waals surface area (Å²) in [5.41, 5.74) is 0.351. The highest BCUT2D eigenvalue weighted by atomic mass is 16.4. The maximum atomic E-state index is 13.5. The van der Waals surface area contributed by atoms with Gasteiger partial charge in [0.25, 0.3) is 11.8 Å². The van der Waals surface area contributed by atoms with Crippen molar-refractivity contribution in [2.45, 2.75) is 50.2 Å². The topological polar surface area (TPSA) is 153 Å². The fraction of sp³-hybridized carbons (Fsp3) is 0.360. The van der Waals surface area contributed by atoms with Gasteiger partial charge in [0.15, 0.2) is 0 Å². The van der Waals surface area contributed by atoms with E-state index in [-0.39, 0.29) is 31.7 Å². The molecule has 2 aromatic rings. The molecule has 3 atom stereocenters. The molecule has 2 aliphatic rings. The van der Waals surface area contributed by atoms with Gasteiger partial charge in [-0.1, -0.05) is 30.3 Å². The molecule has 0 radical (unpaired) electrons. The Labute approximate surface area is 206 Å². The number of carbonyl (C=O) groups excluding carboxylic acids is 5. The maximum absolute atomic E-state index is 13.5. The third-order valence-corrected chi connectivity index (χ3v) is 6.37. The summed E-state index contributed by atoms with van der Waals surface area (Å²) in [6.07, 6.45) is 0.416. The predicted octanol–water partition coefficient (Wildman–Crippen LogP) is 0.625. The summed E-state index contributed by atoms with van der Waals surface area (Å²) in [6.45, 7) is 0.228. The van der Waals surface area contributed by atoms with Crippen LogP contribution in [0.1, 0.15) is 42.5 Å². The second kappa shape index (κ2) is 10.5. The second-order valence-corrected chi connectivity index (χ2v) is 8.83. The number of fused-ring (bicyclic) bond motifs is 2. The van der Waals surface area contributed by atoms with Crippen LogP contribution in [0, 0.1) is 0 Å². The Morgan fingerprint density at radius 1 is 1.08 bits per heavy atom. The highest BCUT2D eigenvalue weighted by Crippen LogP contribution is 2.25. The van der Waals surface area contributed by atoms with Crippen molar-refractivity contribution in [3.63, 3.8) is 0 Å². The van der Waals surface area contributed by atoms with Crippen LogP contribution in [-0.2, 0) is 24.0 Å². The van der Waals surface area contributed by atoms with Crippen LogP contribution in [0.2, 0.25) is 0 Å². The number of amides is 4. The molecule has 0 aliphatic carbocycles. The predicted molar refractivity (Wildman–Crippen MR) is 126 cm³/mol. The summed E-state index contributed by atoms with van der Waals surface area (Å²) < 4.78 is 0. The number of hydrogen-bond donors (Lipinski definition) is 3. The lowest BCUT2D eigenvalue weighted by Gasteiger charge is -2.43. The van der Waals surface area contributed by atoms with Crippen LogP contribution < -0.4 is 10.6 Å². The summed E-state index contributed by atoms with van der Waals surface area (Å²) in [4.78, 5) is 74.5. The third-order valence-electron chi connectivity index (χ3n) is 6.37. The number of carbonyl (C=O) groups is 6. The van der Waals surface area contributed by atoms with Gasteiger partial charge in [-0.25, -0.2) is 5.01 Å². The van der Waals surface area contributed by atoms with E-state index in [1.165, 1.54) is 5.01 Å². The first-order chi connectivity index (χ1) is 17.3. The Balaban J connectivity index is 1.54. The molecule has 2 heterocycles. The molecule has 188 valence electrons. The number of benzene rings is 2. The number of nitrogens with one attached hydrogen (secondary N) is 2. The molecule has 0 bridgehead atoms. The standard InChI is InChI=1S/C25H26N4O7/c30-14-18(13-22(32)33)26-24(35)20-6-3-11-28-21(31)10-9-19(25(36)29(20)28)27-23(34)17-8-7-15-4-1-2-5-16(15)12-17/h1-2,4-5,7-8,12,14,18-20H,3,6,9-11,13H2,(H,26,35)(H,27,34)(H,32,33). The molecular weight excluding hydrogens is 468 g/mol. The van der Waals surface area contributed by atoms with Crippen molar-refractivity contribution in [3.8, 4) is 0 Å². The molecular formula is C25H26N4O7. The van der Waals surface area contributed by atoms with Crippen LogP contribution in [0.15, 0.2) is 42.5 Å². The molecule has 36 heavy (non-hydrogen) atoms. The fourth-order valence-electron chi connectivity index (χ4n) is 4.58. The van der Waals surface area contributed by atoms with Crippen LogP contribution in [0.25, 0.3) is 10.8 Å². The molecule has 4 amide bonds. The zero-order valence-electron chi connectivity index (χ0n) is 19.4. The van der Waals surface area contributed by atoms with Crippen LogP contribution in [0.4, 0.5) is 0 Å². The van der Waals surface area contributed by atoms with E-state index in [1.54, 1.807) is 18.2 Å². The van der Waals surface area contributed by atoms with Crippen LogP contribution >= 0.6 is 0 Å². The first-order valence-corrected chi connectivity index (χ1v) is 11.7. The van der Waals surface area contributed by atoms with Gasteiger partial charge in [-0.3, -0.25) is 29.0 Å². The average Bonchev–Trinajstić information content (AvgIpc) is 2.99. The molecule has 2 aromatic carbocycles. The van der Waals surface area contributed by atoms with Crippen molar-refractivity contribution >= 4 is 46.7 Å². The van der Waals surface area contributed by atoms with Crippen LogP contribution in [-0.4, -0.2) is 75.7 Å². The average molecular weight is 495 g/mol. The van der Waals surface area contributed by atoms with Crippen molar-refractivity contribution in [2.24, 2.45) is 0 Å². The lowest BCUT2D eigenvalue weighted by Crippen LogP contribution is -2.64. The van der Waals surface area contributed by atoms with Crippen molar-refractivity contribution in [2.75, 3.05) is 6.54 Å². The minimum atomic E-state index is -1.27. The largest absolute Gasteiger partial charge is 0.481 e. The van der Waals surface area contributed by atoms with Gasteiger partial charge in [-0.2, -0.15) is 0 Å². The monoisotopic (exact) mass is 494 g/mol. The number of hydrazine groups is 1. The van der Waals surface area contributed by atoms with Crippen molar-refractivity contribution in [1.82, 2.24) is 20.7 Å². The lowest BCUT2D eigenvalue weighted by atomic mass is 10.0. The van der Waals surface area contributed by atoms with Crippen molar-refractivity contribution < 1.29 is 33.9 Å². The molecule has 0 saturated carbocycles. The minimum absolute atomic E-state index is 0.00474. The number of carboxylic acid groups (broad SMARTS) is 1. The Bertz CT molecular complexity index is 1230. The SMILES string of the molecule is O=CC(CC(=O)O)NC(=O)C1CCCN2C(=O)CCC(NC(=O)c3ccc4ccccc4c3)C(=O)N12. The number of carboxylic acids is 1. The Hall–Kier alpha value is -4.28. The Morgan fingerprint density at radius 2 is 1.83 bits per heavy atom. The van der Waals surface area contributed by atoms with Gasteiger partial charge in [-0.15, -0.1) is 0 Å². The summed E-state index contributed by atoms with van der Waals surface area (Å²) in [7, 11) is 0. The van der Waals surface area contributed by atoms with Gasteiger partial charge in [0.2, 0.25) is 11.8 Å². The number of hydrogen-bond acceptors (Lipinski definition) is 6. The van der Waals surface area contributed by atoms with Crippen molar-refractivity contribution in [3.05, 3.63) is 48.0 Å². The summed E-state index contributed by atoms with van der Waals surface area (Å²) in [5.74, 6) is -3.46. The van der Waals surface area contributed by atoms with E-state index in [9.17, 15) is 28.8 Å². The second-order valence-electron chi connectivity index (χ2n) is 8.83. The van der Waals surface area contributed by atoms with Gasteiger partial charge in [0.05, 0.1) is 12.5 Å². The quantitative estimate of drug-likeness (QED) is 0.477. The lowest BCUT2D eigenvalue weighted by molar-refractivity contribution is -0.176. The zero-order chi connectivity index (χ0) is 25.8. The highest BCUT2D eigenvalue weighted by molar-refractivity contribution is 6.02. The Kier molecular flexibility index (Phi) is 7.28. The molecule has 11 nitrogen and oxygen atoms in total. The van der Waals surface area contributed by atoms with E-state index in [0.29, 0.717) is 18.3 Å². The summed E-state index contributed by atoms with van der Waals surface area (Å²) >= 11 is 0. The number of aldehydes is 1. The normalized spacial score (nSPS) is 20.8. The molecule has 0 aromatic heterocycles. The summed E-state index contributed by atoms with van der Waals surface area (Å²) in [6, 6.07) is 9.25. The van der Waals surface area contributed by atoms with Gasteiger partial charge in [0, 0.05) is 18.5 Å². The molecule has 0 spiro atoms. The highest BCUT2D eigenvalue weighted by Gasteiger charge is 2.44.